The predicted molar refractivity (Wildman–Crippen MR) is 75.2 cm³/mol. The molecular formula is C13H22N2O2S. The SMILES string of the molecule is CCCCC(C)Nc1cccc(S(N)(=O)=O)c1C. The van der Waals surface area contributed by atoms with Crippen LogP contribution in [0.4, 0.5) is 5.69 Å². The van der Waals surface area contributed by atoms with Crippen LogP contribution >= 0.6 is 0 Å². The van der Waals surface area contributed by atoms with Crippen molar-refractivity contribution in [1.82, 2.24) is 0 Å². The number of nitrogens with one attached hydrogen (secondary N) is 1. The summed E-state index contributed by atoms with van der Waals surface area (Å²) in [5.74, 6) is 0. The van der Waals surface area contributed by atoms with Crippen LogP contribution in [0.3, 0.4) is 0 Å². The fourth-order valence-corrected chi connectivity index (χ4v) is 2.73. The van der Waals surface area contributed by atoms with E-state index in [1.54, 1.807) is 13.0 Å². The molecule has 1 rings (SSSR count). The van der Waals surface area contributed by atoms with Crippen molar-refractivity contribution in [3.05, 3.63) is 23.8 Å². The fraction of sp³-hybridized carbons (Fsp3) is 0.538. The zero-order valence-corrected chi connectivity index (χ0v) is 12.0. The van der Waals surface area contributed by atoms with Crippen molar-refractivity contribution in [2.75, 3.05) is 5.32 Å². The molecule has 1 unspecified atom stereocenters. The van der Waals surface area contributed by atoms with Gasteiger partial charge in [-0.15, -0.1) is 0 Å². The van der Waals surface area contributed by atoms with Crippen LogP contribution in [0, 0.1) is 6.92 Å². The van der Waals surface area contributed by atoms with Crippen LogP contribution in [0.5, 0.6) is 0 Å². The van der Waals surface area contributed by atoms with Gasteiger partial charge in [0, 0.05) is 11.7 Å². The average molecular weight is 270 g/mol. The molecule has 4 nitrogen and oxygen atoms in total. The van der Waals surface area contributed by atoms with E-state index in [0.29, 0.717) is 11.6 Å². The lowest BCUT2D eigenvalue weighted by Gasteiger charge is -2.18. The first kappa shape index (κ1) is 15.0. The normalized spacial score (nSPS) is 13.3. The molecule has 1 aromatic carbocycles. The summed E-state index contributed by atoms with van der Waals surface area (Å²) in [7, 11) is -3.65. The van der Waals surface area contributed by atoms with Gasteiger partial charge in [0.25, 0.3) is 0 Å². The lowest BCUT2D eigenvalue weighted by molar-refractivity contribution is 0.597. The van der Waals surface area contributed by atoms with Gasteiger partial charge >= 0.3 is 0 Å². The smallest absolute Gasteiger partial charge is 0.238 e. The van der Waals surface area contributed by atoms with Gasteiger partial charge in [-0.3, -0.25) is 0 Å². The van der Waals surface area contributed by atoms with E-state index in [1.807, 2.05) is 6.07 Å². The van der Waals surface area contributed by atoms with Crippen molar-refractivity contribution in [2.45, 2.75) is 51.0 Å². The van der Waals surface area contributed by atoms with E-state index in [9.17, 15) is 8.42 Å². The standard InChI is InChI=1S/C13H22N2O2S/c1-4-5-7-10(2)15-12-8-6-9-13(11(12)3)18(14,16)17/h6,8-10,15H,4-5,7H2,1-3H3,(H2,14,16,17). The third kappa shape index (κ3) is 3.99. The molecule has 0 radical (unpaired) electrons. The van der Waals surface area contributed by atoms with Gasteiger partial charge in [0.05, 0.1) is 4.90 Å². The van der Waals surface area contributed by atoms with Crippen molar-refractivity contribution < 1.29 is 8.42 Å². The van der Waals surface area contributed by atoms with E-state index >= 15 is 0 Å². The number of hydrogen-bond donors (Lipinski definition) is 2. The summed E-state index contributed by atoms with van der Waals surface area (Å²) < 4.78 is 22.8. The number of hydrogen-bond acceptors (Lipinski definition) is 3. The van der Waals surface area contributed by atoms with E-state index < -0.39 is 10.0 Å². The number of nitrogens with two attached hydrogens (primary N) is 1. The molecule has 0 aromatic heterocycles. The summed E-state index contributed by atoms with van der Waals surface area (Å²) in [6.07, 6.45) is 3.37. The number of rotatable bonds is 6. The van der Waals surface area contributed by atoms with Crippen molar-refractivity contribution in [1.29, 1.82) is 0 Å². The predicted octanol–water partition coefficient (Wildman–Crippen LogP) is 2.63. The Kier molecular flexibility index (Phi) is 5.16. The van der Waals surface area contributed by atoms with Crippen LogP contribution in [0.2, 0.25) is 0 Å². The molecule has 102 valence electrons. The molecule has 0 bridgehead atoms. The molecule has 3 N–H and O–H groups in total. The molecule has 0 heterocycles. The summed E-state index contributed by atoms with van der Waals surface area (Å²) in [4.78, 5) is 0.190. The van der Waals surface area contributed by atoms with Crippen molar-refractivity contribution in [3.63, 3.8) is 0 Å². The van der Waals surface area contributed by atoms with Gasteiger partial charge in [-0.25, -0.2) is 13.6 Å². The molecule has 1 aromatic rings. The summed E-state index contributed by atoms with van der Waals surface area (Å²) in [6.45, 7) is 6.02. The fourth-order valence-electron chi connectivity index (χ4n) is 1.93. The summed E-state index contributed by atoms with van der Waals surface area (Å²) in [6, 6.07) is 5.44. The number of anilines is 1. The van der Waals surface area contributed by atoms with Crippen LogP contribution in [-0.4, -0.2) is 14.5 Å². The van der Waals surface area contributed by atoms with E-state index in [2.05, 4.69) is 19.2 Å². The van der Waals surface area contributed by atoms with Gasteiger partial charge < -0.3 is 5.32 Å². The molecule has 0 aliphatic heterocycles. The van der Waals surface area contributed by atoms with Gasteiger partial charge in [-0.2, -0.15) is 0 Å². The number of benzene rings is 1. The highest BCUT2D eigenvalue weighted by atomic mass is 32.2. The van der Waals surface area contributed by atoms with Crippen LogP contribution in [0.25, 0.3) is 0 Å². The molecule has 0 amide bonds. The molecule has 5 heteroatoms. The maximum Gasteiger partial charge on any atom is 0.238 e. The highest BCUT2D eigenvalue weighted by Gasteiger charge is 2.14. The van der Waals surface area contributed by atoms with E-state index in [0.717, 1.165) is 24.9 Å². The minimum Gasteiger partial charge on any atom is -0.382 e. The highest BCUT2D eigenvalue weighted by molar-refractivity contribution is 7.89. The molecular weight excluding hydrogens is 248 g/mol. The number of primary sulfonamides is 1. The number of unbranched alkanes of at least 4 members (excludes halogenated alkanes) is 1. The van der Waals surface area contributed by atoms with Crippen LogP contribution in [0.1, 0.15) is 38.7 Å². The molecule has 0 saturated heterocycles. The second kappa shape index (κ2) is 6.20. The average Bonchev–Trinajstić information content (AvgIpc) is 2.27. The summed E-state index contributed by atoms with van der Waals surface area (Å²) in [5.41, 5.74) is 1.52. The van der Waals surface area contributed by atoms with Gasteiger partial charge in [0.1, 0.15) is 0 Å². The van der Waals surface area contributed by atoms with Gasteiger partial charge in [-0.1, -0.05) is 25.8 Å². The maximum absolute atomic E-state index is 11.4. The molecule has 0 aliphatic carbocycles. The molecule has 18 heavy (non-hydrogen) atoms. The lowest BCUT2D eigenvalue weighted by Crippen LogP contribution is -2.18. The Labute approximate surface area is 110 Å². The quantitative estimate of drug-likeness (QED) is 0.834. The first-order valence-corrected chi connectivity index (χ1v) is 7.79. The molecule has 1 atom stereocenters. The second-order valence-corrected chi connectivity index (χ2v) is 6.19. The first-order valence-electron chi connectivity index (χ1n) is 6.25. The third-order valence-electron chi connectivity index (χ3n) is 2.98. The highest BCUT2D eigenvalue weighted by Crippen LogP contribution is 2.23. The first-order chi connectivity index (χ1) is 8.36. The van der Waals surface area contributed by atoms with Crippen LogP contribution in [-0.2, 0) is 10.0 Å². The minimum absolute atomic E-state index is 0.190. The van der Waals surface area contributed by atoms with Crippen LogP contribution < -0.4 is 10.5 Å². The Morgan fingerprint density at radius 3 is 2.61 bits per heavy atom. The zero-order valence-electron chi connectivity index (χ0n) is 11.2. The van der Waals surface area contributed by atoms with Crippen molar-refractivity contribution >= 4 is 15.7 Å². The van der Waals surface area contributed by atoms with E-state index in [4.69, 9.17) is 5.14 Å². The van der Waals surface area contributed by atoms with E-state index in [-0.39, 0.29) is 4.90 Å². The Bertz CT molecular complexity index is 498. The van der Waals surface area contributed by atoms with Crippen molar-refractivity contribution in [2.24, 2.45) is 5.14 Å². The molecule has 0 fully saturated rings. The molecule has 0 spiro atoms. The Hall–Kier alpha value is -1.07. The summed E-state index contributed by atoms with van der Waals surface area (Å²) in [5, 5.41) is 8.52. The van der Waals surface area contributed by atoms with Gasteiger partial charge in [0.15, 0.2) is 0 Å². The van der Waals surface area contributed by atoms with E-state index in [1.165, 1.54) is 6.07 Å². The zero-order chi connectivity index (χ0) is 13.8. The molecule has 0 aliphatic rings. The Balaban J connectivity index is 2.91. The van der Waals surface area contributed by atoms with Crippen molar-refractivity contribution in [3.8, 4) is 0 Å². The Morgan fingerprint density at radius 2 is 2.06 bits per heavy atom. The Morgan fingerprint density at radius 1 is 1.39 bits per heavy atom. The number of sulfonamides is 1. The largest absolute Gasteiger partial charge is 0.382 e. The molecule has 0 saturated carbocycles. The lowest BCUT2D eigenvalue weighted by atomic mass is 10.1. The second-order valence-electron chi connectivity index (χ2n) is 4.66. The van der Waals surface area contributed by atoms with Gasteiger partial charge in [0.2, 0.25) is 10.0 Å². The summed E-state index contributed by atoms with van der Waals surface area (Å²) >= 11 is 0. The minimum atomic E-state index is -3.65. The van der Waals surface area contributed by atoms with Crippen LogP contribution in [0.15, 0.2) is 23.1 Å². The van der Waals surface area contributed by atoms with Gasteiger partial charge in [-0.05, 0) is 38.0 Å². The maximum atomic E-state index is 11.4. The topological polar surface area (TPSA) is 72.2 Å². The monoisotopic (exact) mass is 270 g/mol. The third-order valence-corrected chi connectivity index (χ3v) is 4.04.